The second-order valence-electron chi connectivity index (χ2n) is 5.77. The molecule has 6 nitrogen and oxygen atoms in total. The lowest BCUT2D eigenvalue weighted by Crippen LogP contribution is -2.13. The first-order chi connectivity index (χ1) is 9.31. The fourth-order valence-corrected chi connectivity index (χ4v) is 1.80. The van der Waals surface area contributed by atoms with Gasteiger partial charge in [-0.2, -0.15) is 5.10 Å². The van der Waals surface area contributed by atoms with Crippen LogP contribution in [0.15, 0.2) is 16.7 Å². The highest BCUT2D eigenvalue weighted by molar-refractivity contribution is 6.02. The Labute approximate surface area is 118 Å². The summed E-state index contributed by atoms with van der Waals surface area (Å²) in [5.74, 6) is 0.0422. The van der Waals surface area contributed by atoms with E-state index in [0.717, 1.165) is 17.9 Å². The Bertz CT molecular complexity index is 619. The molecule has 1 amide bonds. The van der Waals surface area contributed by atoms with Crippen molar-refractivity contribution in [2.24, 2.45) is 0 Å². The summed E-state index contributed by atoms with van der Waals surface area (Å²) in [6.07, 6.45) is 0. The van der Waals surface area contributed by atoms with Crippen molar-refractivity contribution in [3.05, 3.63) is 29.2 Å². The van der Waals surface area contributed by atoms with E-state index in [1.54, 1.807) is 16.8 Å². The molecule has 1 N–H and O–H groups in total. The SMILES string of the molecule is CCn1nc(C(=O)Nc2cc(C(C)(C)C)no2)cc1C. The average Bonchev–Trinajstić information content (AvgIpc) is 2.95. The van der Waals surface area contributed by atoms with Crippen molar-refractivity contribution in [3.8, 4) is 0 Å². The monoisotopic (exact) mass is 276 g/mol. The van der Waals surface area contributed by atoms with Gasteiger partial charge in [-0.25, -0.2) is 0 Å². The summed E-state index contributed by atoms with van der Waals surface area (Å²) in [5, 5.41) is 10.9. The summed E-state index contributed by atoms with van der Waals surface area (Å²) in [6, 6.07) is 3.49. The normalized spacial score (nSPS) is 11.7. The minimum Gasteiger partial charge on any atom is -0.338 e. The van der Waals surface area contributed by atoms with Crippen LogP contribution in [0.4, 0.5) is 5.88 Å². The fourth-order valence-electron chi connectivity index (χ4n) is 1.80. The molecule has 0 fully saturated rings. The van der Waals surface area contributed by atoms with Gasteiger partial charge in [-0.05, 0) is 19.9 Å². The van der Waals surface area contributed by atoms with Crippen molar-refractivity contribution in [1.29, 1.82) is 0 Å². The molecule has 0 radical (unpaired) electrons. The fraction of sp³-hybridized carbons (Fsp3) is 0.500. The number of aromatic nitrogens is 3. The summed E-state index contributed by atoms with van der Waals surface area (Å²) in [5.41, 5.74) is 2.00. The number of anilines is 1. The standard InChI is InChI=1S/C14H20N4O2/c1-6-18-9(2)7-10(16-18)13(19)15-12-8-11(17-20-12)14(3,4)5/h7-8H,6H2,1-5H3,(H,15,19). The van der Waals surface area contributed by atoms with Crippen LogP contribution in [0.5, 0.6) is 0 Å². The largest absolute Gasteiger partial charge is 0.338 e. The van der Waals surface area contributed by atoms with E-state index < -0.39 is 0 Å². The summed E-state index contributed by atoms with van der Waals surface area (Å²) in [6.45, 7) is 10.7. The zero-order valence-corrected chi connectivity index (χ0v) is 12.5. The highest BCUT2D eigenvalue weighted by Crippen LogP contribution is 2.23. The van der Waals surface area contributed by atoms with E-state index in [-0.39, 0.29) is 11.3 Å². The maximum atomic E-state index is 12.1. The second kappa shape index (κ2) is 5.11. The third kappa shape index (κ3) is 2.89. The first kappa shape index (κ1) is 14.3. The van der Waals surface area contributed by atoms with E-state index in [9.17, 15) is 4.79 Å². The molecule has 0 saturated carbocycles. The predicted octanol–water partition coefficient (Wildman–Crippen LogP) is 2.75. The number of carbonyl (C=O) groups excluding carboxylic acids is 1. The topological polar surface area (TPSA) is 73.0 Å². The van der Waals surface area contributed by atoms with Gasteiger partial charge in [0.1, 0.15) is 0 Å². The number of aryl methyl sites for hydroxylation is 2. The van der Waals surface area contributed by atoms with Crippen molar-refractivity contribution < 1.29 is 9.32 Å². The molecule has 2 rings (SSSR count). The molecule has 108 valence electrons. The van der Waals surface area contributed by atoms with Crippen molar-refractivity contribution in [2.45, 2.75) is 46.6 Å². The van der Waals surface area contributed by atoms with Gasteiger partial charge in [-0.3, -0.25) is 14.8 Å². The number of carbonyl (C=O) groups is 1. The van der Waals surface area contributed by atoms with Crippen molar-refractivity contribution in [2.75, 3.05) is 5.32 Å². The van der Waals surface area contributed by atoms with Gasteiger partial charge in [0.15, 0.2) is 5.69 Å². The van der Waals surface area contributed by atoms with Gasteiger partial charge in [-0.1, -0.05) is 25.9 Å². The molecule has 2 heterocycles. The molecule has 0 aliphatic rings. The molecule has 0 unspecified atom stereocenters. The Morgan fingerprint density at radius 2 is 2.10 bits per heavy atom. The molecular weight excluding hydrogens is 256 g/mol. The van der Waals surface area contributed by atoms with E-state index in [1.165, 1.54) is 0 Å². The Balaban J connectivity index is 2.13. The third-order valence-corrected chi connectivity index (χ3v) is 3.03. The van der Waals surface area contributed by atoms with Crippen LogP contribution in [0, 0.1) is 6.92 Å². The first-order valence-electron chi connectivity index (χ1n) is 6.64. The van der Waals surface area contributed by atoms with Gasteiger partial charge < -0.3 is 4.52 Å². The lowest BCUT2D eigenvalue weighted by molar-refractivity contribution is 0.101. The number of nitrogens with one attached hydrogen (secondary N) is 1. The van der Waals surface area contributed by atoms with Crippen LogP contribution in [0.3, 0.4) is 0 Å². The third-order valence-electron chi connectivity index (χ3n) is 3.03. The Morgan fingerprint density at radius 3 is 2.60 bits per heavy atom. The molecule has 0 aliphatic heterocycles. The molecule has 0 atom stereocenters. The lowest BCUT2D eigenvalue weighted by atomic mass is 9.92. The Kier molecular flexibility index (Phi) is 3.65. The van der Waals surface area contributed by atoms with E-state index in [2.05, 4.69) is 15.6 Å². The van der Waals surface area contributed by atoms with Crippen molar-refractivity contribution >= 4 is 11.8 Å². The minimum atomic E-state index is -0.295. The number of amides is 1. The molecular formula is C14H20N4O2. The smallest absolute Gasteiger partial charge is 0.278 e. The van der Waals surface area contributed by atoms with Gasteiger partial charge in [0, 0.05) is 23.7 Å². The van der Waals surface area contributed by atoms with Gasteiger partial charge >= 0.3 is 0 Å². The summed E-state index contributed by atoms with van der Waals surface area (Å²) in [4.78, 5) is 12.1. The molecule has 20 heavy (non-hydrogen) atoms. The van der Waals surface area contributed by atoms with Crippen LogP contribution in [0.2, 0.25) is 0 Å². The zero-order valence-electron chi connectivity index (χ0n) is 12.5. The van der Waals surface area contributed by atoms with Gasteiger partial charge in [0.05, 0.1) is 5.69 Å². The minimum absolute atomic E-state index is 0.118. The molecule has 0 aliphatic carbocycles. The van der Waals surface area contributed by atoms with E-state index >= 15 is 0 Å². The first-order valence-corrected chi connectivity index (χ1v) is 6.64. The highest BCUT2D eigenvalue weighted by Gasteiger charge is 2.20. The Hall–Kier alpha value is -2.11. The molecule has 0 bridgehead atoms. The zero-order chi connectivity index (χ0) is 14.9. The van der Waals surface area contributed by atoms with E-state index in [0.29, 0.717) is 11.6 Å². The number of hydrogen-bond donors (Lipinski definition) is 1. The van der Waals surface area contributed by atoms with Crippen LogP contribution >= 0.6 is 0 Å². The van der Waals surface area contributed by atoms with Crippen LogP contribution < -0.4 is 5.32 Å². The van der Waals surface area contributed by atoms with Crippen molar-refractivity contribution in [3.63, 3.8) is 0 Å². The molecule has 0 aromatic carbocycles. The van der Waals surface area contributed by atoms with Crippen LogP contribution in [-0.4, -0.2) is 20.8 Å². The highest BCUT2D eigenvalue weighted by atomic mass is 16.5. The molecule has 0 spiro atoms. The van der Waals surface area contributed by atoms with Crippen molar-refractivity contribution in [1.82, 2.24) is 14.9 Å². The maximum absolute atomic E-state index is 12.1. The van der Waals surface area contributed by atoms with E-state index in [1.807, 2.05) is 34.6 Å². The van der Waals surface area contributed by atoms with Crippen LogP contribution in [0.1, 0.15) is 49.6 Å². The number of hydrogen-bond acceptors (Lipinski definition) is 4. The quantitative estimate of drug-likeness (QED) is 0.935. The summed E-state index contributed by atoms with van der Waals surface area (Å²) in [7, 11) is 0. The molecule has 0 saturated heterocycles. The maximum Gasteiger partial charge on any atom is 0.278 e. The lowest BCUT2D eigenvalue weighted by Gasteiger charge is -2.12. The van der Waals surface area contributed by atoms with Gasteiger partial charge in [-0.15, -0.1) is 0 Å². The Morgan fingerprint density at radius 1 is 1.40 bits per heavy atom. The number of nitrogens with zero attached hydrogens (tertiary/aromatic N) is 3. The predicted molar refractivity (Wildman–Crippen MR) is 75.8 cm³/mol. The molecule has 6 heteroatoms. The van der Waals surface area contributed by atoms with E-state index in [4.69, 9.17) is 4.52 Å². The summed E-state index contributed by atoms with van der Waals surface area (Å²) < 4.78 is 6.90. The number of rotatable bonds is 3. The average molecular weight is 276 g/mol. The van der Waals surface area contributed by atoms with Gasteiger partial charge in [0.2, 0.25) is 5.88 Å². The molecule has 2 aromatic rings. The molecule has 2 aromatic heterocycles. The summed E-state index contributed by atoms with van der Waals surface area (Å²) >= 11 is 0. The van der Waals surface area contributed by atoms with Crippen LogP contribution in [0.25, 0.3) is 0 Å². The second-order valence-corrected chi connectivity index (χ2v) is 5.77. The van der Waals surface area contributed by atoms with Gasteiger partial charge in [0.25, 0.3) is 5.91 Å². The van der Waals surface area contributed by atoms with Crippen LogP contribution in [-0.2, 0) is 12.0 Å².